The molecule has 0 saturated heterocycles. The number of ether oxygens (including phenoxy) is 2. The molecule has 0 aliphatic rings. The summed E-state index contributed by atoms with van der Waals surface area (Å²) in [4.78, 5) is 31.3. The molecule has 1 aromatic heterocycles. The van der Waals surface area contributed by atoms with Gasteiger partial charge in [-0.05, 0) is 30.3 Å². The fourth-order valence-electron chi connectivity index (χ4n) is 2.28. The lowest BCUT2D eigenvalue weighted by Crippen LogP contribution is -2.29. The molecule has 0 atom stereocenters. The predicted molar refractivity (Wildman–Crippen MR) is 92.9 cm³/mol. The molecule has 0 radical (unpaired) electrons. The molecule has 8 nitrogen and oxygen atoms in total. The maximum Gasteiger partial charge on any atom is 0.314 e. The summed E-state index contributed by atoms with van der Waals surface area (Å²) >= 11 is 0. The van der Waals surface area contributed by atoms with Crippen molar-refractivity contribution in [3.05, 3.63) is 42.7 Å². The van der Waals surface area contributed by atoms with Crippen molar-refractivity contribution in [1.29, 1.82) is 0 Å². The molecule has 2 aromatic carbocycles. The van der Waals surface area contributed by atoms with E-state index in [1.165, 1.54) is 14.2 Å². The number of fused-ring (bicyclic) bond motifs is 1. The average molecular weight is 340 g/mol. The van der Waals surface area contributed by atoms with Crippen LogP contribution in [0.15, 0.2) is 42.7 Å². The number of imidazole rings is 1. The highest BCUT2D eigenvalue weighted by Crippen LogP contribution is 2.29. The first-order chi connectivity index (χ1) is 12.1. The lowest BCUT2D eigenvalue weighted by molar-refractivity contribution is -0.133. The summed E-state index contributed by atoms with van der Waals surface area (Å²) < 4.78 is 10.3. The largest absolute Gasteiger partial charge is 0.497 e. The Morgan fingerprint density at radius 2 is 1.80 bits per heavy atom. The molecule has 25 heavy (non-hydrogen) atoms. The number of aromatic amines is 1. The summed E-state index contributed by atoms with van der Waals surface area (Å²) in [5.74, 6) is -0.642. The highest BCUT2D eigenvalue weighted by atomic mass is 16.5. The van der Waals surface area contributed by atoms with Gasteiger partial charge in [0.2, 0.25) is 0 Å². The van der Waals surface area contributed by atoms with Gasteiger partial charge in [0, 0.05) is 11.8 Å². The van der Waals surface area contributed by atoms with E-state index in [0.29, 0.717) is 22.9 Å². The van der Waals surface area contributed by atoms with E-state index in [0.717, 1.165) is 11.0 Å². The smallest absolute Gasteiger partial charge is 0.314 e. The minimum atomic E-state index is -0.812. The first kappa shape index (κ1) is 16.3. The van der Waals surface area contributed by atoms with E-state index in [-0.39, 0.29) is 0 Å². The normalized spacial score (nSPS) is 10.3. The van der Waals surface area contributed by atoms with Gasteiger partial charge in [-0.2, -0.15) is 0 Å². The van der Waals surface area contributed by atoms with Crippen LogP contribution >= 0.6 is 0 Å². The molecular formula is C17H16N4O4. The molecule has 2 amide bonds. The number of carbonyl (C=O) groups is 2. The zero-order chi connectivity index (χ0) is 17.8. The second kappa shape index (κ2) is 6.91. The molecule has 128 valence electrons. The van der Waals surface area contributed by atoms with Gasteiger partial charge >= 0.3 is 11.8 Å². The summed E-state index contributed by atoms with van der Waals surface area (Å²) in [6.45, 7) is 0. The van der Waals surface area contributed by atoms with Gasteiger partial charge in [-0.25, -0.2) is 4.98 Å². The number of benzene rings is 2. The molecule has 0 saturated carbocycles. The van der Waals surface area contributed by atoms with Gasteiger partial charge in [0.1, 0.15) is 11.5 Å². The monoisotopic (exact) mass is 340 g/mol. The first-order valence-corrected chi connectivity index (χ1v) is 7.38. The Kier molecular flexibility index (Phi) is 4.51. The number of amides is 2. The summed E-state index contributed by atoms with van der Waals surface area (Å²) in [6, 6.07) is 9.97. The van der Waals surface area contributed by atoms with Gasteiger partial charge in [0.05, 0.1) is 37.3 Å². The Hall–Kier alpha value is -3.55. The average Bonchev–Trinajstić information content (AvgIpc) is 3.09. The van der Waals surface area contributed by atoms with Crippen LogP contribution in [-0.4, -0.2) is 36.0 Å². The third-order valence-electron chi connectivity index (χ3n) is 3.54. The summed E-state index contributed by atoms with van der Waals surface area (Å²) in [6.07, 6.45) is 1.55. The van der Waals surface area contributed by atoms with E-state index in [1.54, 1.807) is 42.7 Å². The van der Waals surface area contributed by atoms with Crippen LogP contribution in [0.2, 0.25) is 0 Å². The molecule has 0 aliphatic heterocycles. The van der Waals surface area contributed by atoms with Crippen molar-refractivity contribution in [2.24, 2.45) is 0 Å². The van der Waals surface area contributed by atoms with Gasteiger partial charge in [-0.15, -0.1) is 0 Å². The highest BCUT2D eigenvalue weighted by molar-refractivity contribution is 6.43. The van der Waals surface area contributed by atoms with Gasteiger partial charge in [0.15, 0.2) is 0 Å². The topological polar surface area (TPSA) is 105 Å². The number of methoxy groups -OCH3 is 2. The molecule has 0 spiro atoms. The molecule has 3 rings (SSSR count). The Morgan fingerprint density at radius 1 is 1.00 bits per heavy atom. The standard InChI is InChI=1S/C17H16N4O4/c1-24-11-4-6-13(15(8-11)25-2)21-17(23)16(22)20-10-3-5-12-14(7-10)19-9-18-12/h3-9H,1-2H3,(H,18,19)(H,20,22)(H,21,23). The second-order valence-electron chi connectivity index (χ2n) is 5.11. The van der Waals surface area contributed by atoms with Crippen LogP contribution in [0.4, 0.5) is 11.4 Å². The minimum absolute atomic E-state index is 0.368. The molecule has 3 aromatic rings. The maximum atomic E-state index is 12.1. The van der Waals surface area contributed by atoms with Crippen molar-refractivity contribution in [1.82, 2.24) is 9.97 Å². The molecule has 8 heteroatoms. The summed E-state index contributed by atoms with van der Waals surface area (Å²) in [5, 5.41) is 5.05. The Morgan fingerprint density at radius 3 is 2.56 bits per heavy atom. The van der Waals surface area contributed by atoms with E-state index in [9.17, 15) is 9.59 Å². The van der Waals surface area contributed by atoms with Crippen molar-refractivity contribution in [2.45, 2.75) is 0 Å². The Balaban J connectivity index is 1.71. The summed E-state index contributed by atoms with van der Waals surface area (Å²) in [5.41, 5.74) is 2.38. The second-order valence-corrected chi connectivity index (χ2v) is 5.11. The van der Waals surface area contributed by atoms with Gasteiger partial charge in [-0.1, -0.05) is 0 Å². The van der Waals surface area contributed by atoms with Gasteiger partial charge in [-0.3, -0.25) is 9.59 Å². The van der Waals surface area contributed by atoms with Gasteiger partial charge < -0.3 is 25.1 Å². The van der Waals surface area contributed by atoms with Crippen LogP contribution in [0.1, 0.15) is 0 Å². The fourth-order valence-corrected chi connectivity index (χ4v) is 2.28. The van der Waals surface area contributed by atoms with Crippen LogP contribution in [0.25, 0.3) is 11.0 Å². The van der Waals surface area contributed by atoms with Crippen molar-refractivity contribution >= 4 is 34.2 Å². The quantitative estimate of drug-likeness (QED) is 0.631. The number of nitrogens with one attached hydrogen (secondary N) is 3. The van der Waals surface area contributed by atoms with E-state index in [2.05, 4.69) is 20.6 Å². The minimum Gasteiger partial charge on any atom is -0.497 e. The van der Waals surface area contributed by atoms with Crippen LogP contribution < -0.4 is 20.1 Å². The lowest BCUT2D eigenvalue weighted by atomic mass is 10.2. The van der Waals surface area contributed by atoms with Crippen LogP contribution in [0.5, 0.6) is 11.5 Å². The number of hydrogen-bond acceptors (Lipinski definition) is 5. The zero-order valence-electron chi connectivity index (χ0n) is 13.6. The van der Waals surface area contributed by atoms with Crippen molar-refractivity contribution in [2.75, 3.05) is 24.9 Å². The number of anilines is 2. The Labute approximate surface area is 143 Å². The van der Waals surface area contributed by atoms with Crippen molar-refractivity contribution in [3.63, 3.8) is 0 Å². The first-order valence-electron chi connectivity index (χ1n) is 7.38. The molecule has 0 aliphatic carbocycles. The van der Waals surface area contributed by atoms with Crippen LogP contribution in [0, 0.1) is 0 Å². The fraction of sp³-hybridized carbons (Fsp3) is 0.118. The zero-order valence-corrected chi connectivity index (χ0v) is 13.6. The number of nitrogens with zero attached hydrogens (tertiary/aromatic N) is 1. The molecule has 0 bridgehead atoms. The lowest BCUT2D eigenvalue weighted by Gasteiger charge is -2.11. The molecule has 1 heterocycles. The molecule has 3 N–H and O–H groups in total. The number of aromatic nitrogens is 2. The molecule has 0 unspecified atom stereocenters. The van der Waals surface area contributed by atoms with Gasteiger partial charge in [0.25, 0.3) is 0 Å². The van der Waals surface area contributed by atoms with Crippen LogP contribution in [0.3, 0.4) is 0 Å². The SMILES string of the molecule is COc1ccc(NC(=O)C(=O)Nc2ccc3nc[nH]c3c2)c(OC)c1. The van der Waals surface area contributed by atoms with E-state index in [1.807, 2.05) is 0 Å². The highest BCUT2D eigenvalue weighted by Gasteiger charge is 2.17. The number of carbonyl (C=O) groups excluding carboxylic acids is 2. The third kappa shape index (κ3) is 3.52. The number of H-pyrrole nitrogens is 1. The predicted octanol–water partition coefficient (Wildman–Crippen LogP) is 2.16. The van der Waals surface area contributed by atoms with Crippen LogP contribution in [-0.2, 0) is 9.59 Å². The summed E-state index contributed by atoms with van der Waals surface area (Å²) in [7, 11) is 2.99. The maximum absolute atomic E-state index is 12.1. The third-order valence-corrected chi connectivity index (χ3v) is 3.54. The van der Waals surface area contributed by atoms with E-state index >= 15 is 0 Å². The van der Waals surface area contributed by atoms with Crippen molar-refractivity contribution in [3.8, 4) is 11.5 Å². The number of hydrogen-bond donors (Lipinski definition) is 3. The Bertz CT molecular complexity index is 935. The molecular weight excluding hydrogens is 324 g/mol. The van der Waals surface area contributed by atoms with E-state index < -0.39 is 11.8 Å². The molecule has 0 fully saturated rings. The number of rotatable bonds is 4. The van der Waals surface area contributed by atoms with E-state index in [4.69, 9.17) is 9.47 Å². The van der Waals surface area contributed by atoms with Crippen molar-refractivity contribution < 1.29 is 19.1 Å².